The molecule has 27 heavy (non-hydrogen) atoms. The number of allylic oxidation sites excluding steroid dienone is 2. The van der Waals surface area contributed by atoms with E-state index in [1.54, 1.807) is 0 Å². The van der Waals surface area contributed by atoms with Crippen molar-refractivity contribution in [1.29, 1.82) is 0 Å². The highest BCUT2D eigenvalue weighted by atomic mass is 16.5. The maximum atomic E-state index is 13.3. The van der Waals surface area contributed by atoms with E-state index < -0.39 is 0 Å². The minimum atomic E-state index is -0.222. The third kappa shape index (κ3) is 3.58. The summed E-state index contributed by atoms with van der Waals surface area (Å²) < 4.78 is 5.51. The number of ether oxygens (including phenoxy) is 1. The Balaban J connectivity index is 1.60. The predicted molar refractivity (Wildman–Crippen MR) is 103 cm³/mol. The number of anilines is 1. The Hall–Kier alpha value is -1.98. The number of hydrogen-bond donors (Lipinski definition) is 1. The van der Waals surface area contributed by atoms with Gasteiger partial charge in [-0.1, -0.05) is 6.07 Å². The van der Waals surface area contributed by atoms with Crippen LogP contribution in [0.1, 0.15) is 36.8 Å². The van der Waals surface area contributed by atoms with E-state index in [0.29, 0.717) is 6.42 Å². The fraction of sp³-hybridized carbons (Fsp3) is 0.545. The molecule has 2 atom stereocenters. The zero-order chi connectivity index (χ0) is 19.0. The van der Waals surface area contributed by atoms with E-state index in [2.05, 4.69) is 12.1 Å². The van der Waals surface area contributed by atoms with Crippen LogP contribution < -0.4 is 9.80 Å². The molecule has 0 spiro atoms. The standard InChI is InChI=1S/C22H28N2O3/c1-15-11-16(2)13-17(12-15)24-21(25)14-19(22(24)26)18-5-3-4-6-20(18)23-7-9-27-10-8-23/h6,11-13,18-19H,3-5,7-10,14H2,1-2H3/p+1/t18-,19-/m1/s1. The zero-order valence-electron chi connectivity index (χ0n) is 16.3. The van der Waals surface area contributed by atoms with E-state index in [-0.39, 0.29) is 23.7 Å². The molecule has 0 radical (unpaired) electrons. The van der Waals surface area contributed by atoms with Crippen molar-refractivity contribution in [1.82, 2.24) is 0 Å². The fourth-order valence-corrected chi connectivity index (χ4v) is 4.95. The molecule has 4 rings (SSSR count). The van der Waals surface area contributed by atoms with Crippen molar-refractivity contribution in [2.45, 2.75) is 39.5 Å². The van der Waals surface area contributed by atoms with Crippen LogP contribution in [0.5, 0.6) is 0 Å². The minimum absolute atomic E-state index is 0.0181. The number of nitrogens with one attached hydrogen (secondary N) is 1. The van der Waals surface area contributed by atoms with Crippen LogP contribution in [0.3, 0.4) is 0 Å². The minimum Gasteiger partial charge on any atom is -0.370 e. The second kappa shape index (κ2) is 7.56. The first kappa shape index (κ1) is 18.4. The smallest absolute Gasteiger partial charge is 0.238 e. The first-order chi connectivity index (χ1) is 13.0. The Bertz CT molecular complexity index is 760. The molecule has 3 aliphatic rings. The monoisotopic (exact) mass is 369 g/mol. The van der Waals surface area contributed by atoms with E-state index in [0.717, 1.165) is 62.4 Å². The molecule has 0 unspecified atom stereocenters. The Morgan fingerprint density at radius 1 is 1.04 bits per heavy atom. The van der Waals surface area contributed by atoms with Crippen molar-refractivity contribution >= 4 is 17.5 Å². The van der Waals surface area contributed by atoms with E-state index in [4.69, 9.17) is 4.74 Å². The number of morpholine rings is 1. The van der Waals surface area contributed by atoms with Gasteiger partial charge < -0.3 is 9.64 Å². The predicted octanol–water partition coefficient (Wildman–Crippen LogP) is 1.78. The number of amides is 2. The summed E-state index contributed by atoms with van der Waals surface area (Å²) in [6, 6.07) is 5.95. The molecule has 2 aliphatic heterocycles. The van der Waals surface area contributed by atoms with Crippen LogP contribution in [0.25, 0.3) is 0 Å². The molecule has 144 valence electrons. The third-order valence-corrected chi connectivity index (χ3v) is 6.12. The molecule has 1 aliphatic carbocycles. The van der Waals surface area contributed by atoms with Gasteiger partial charge in [-0.2, -0.15) is 0 Å². The molecule has 0 bridgehead atoms. The molecule has 2 heterocycles. The van der Waals surface area contributed by atoms with Gasteiger partial charge in [0.25, 0.3) is 0 Å². The van der Waals surface area contributed by atoms with Crippen LogP contribution in [-0.4, -0.2) is 38.1 Å². The average molecular weight is 369 g/mol. The van der Waals surface area contributed by atoms with E-state index in [1.165, 1.54) is 15.5 Å². The van der Waals surface area contributed by atoms with Crippen LogP contribution in [-0.2, 0) is 14.3 Å². The quantitative estimate of drug-likeness (QED) is 0.827. The Morgan fingerprint density at radius 3 is 2.44 bits per heavy atom. The molecule has 0 aromatic heterocycles. The SMILES string of the molecule is Cc1cc(C)cc(N2C(=O)C[C@H]([C@H]3CCCC=C3[NH+]3CCOCC3)C2=O)c1. The van der Waals surface area contributed by atoms with Gasteiger partial charge in [0, 0.05) is 12.3 Å². The molecule has 5 heteroatoms. The number of aryl methyl sites for hydroxylation is 2. The second-order valence-electron chi connectivity index (χ2n) is 8.14. The van der Waals surface area contributed by atoms with Crippen LogP contribution >= 0.6 is 0 Å². The highest BCUT2D eigenvalue weighted by Crippen LogP contribution is 2.37. The van der Waals surface area contributed by atoms with Crippen LogP contribution in [0.2, 0.25) is 0 Å². The van der Waals surface area contributed by atoms with E-state index >= 15 is 0 Å². The lowest BCUT2D eigenvalue weighted by Gasteiger charge is -2.34. The Morgan fingerprint density at radius 2 is 1.74 bits per heavy atom. The lowest BCUT2D eigenvalue weighted by molar-refractivity contribution is -0.874. The van der Waals surface area contributed by atoms with E-state index in [9.17, 15) is 9.59 Å². The fourth-order valence-electron chi connectivity index (χ4n) is 4.95. The molecule has 2 saturated heterocycles. The van der Waals surface area contributed by atoms with Crippen molar-refractivity contribution in [3.63, 3.8) is 0 Å². The van der Waals surface area contributed by atoms with Crippen LogP contribution in [0.4, 0.5) is 5.69 Å². The van der Waals surface area contributed by atoms with Crippen molar-refractivity contribution < 1.29 is 19.2 Å². The maximum absolute atomic E-state index is 13.3. The molecule has 2 amide bonds. The van der Waals surface area contributed by atoms with Crippen molar-refractivity contribution in [3.8, 4) is 0 Å². The van der Waals surface area contributed by atoms with Gasteiger partial charge in [0.1, 0.15) is 18.8 Å². The highest BCUT2D eigenvalue weighted by molar-refractivity contribution is 6.21. The number of carbonyl (C=O) groups is 2. The Kier molecular flexibility index (Phi) is 5.15. The summed E-state index contributed by atoms with van der Waals surface area (Å²) in [4.78, 5) is 29.0. The van der Waals surface area contributed by atoms with E-state index in [1.807, 2.05) is 26.0 Å². The number of benzene rings is 1. The van der Waals surface area contributed by atoms with Gasteiger partial charge in [-0.25, -0.2) is 0 Å². The molecule has 2 fully saturated rings. The van der Waals surface area contributed by atoms with Gasteiger partial charge >= 0.3 is 0 Å². The number of hydrogen-bond acceptors (Lipinski definition) is 3. The summed E-state index contributed by atoms with van der Waals surface area (Å²) in [5.41, 5.74) is 4.22. The number of carbonyl (C=O) groups excluding carboxylic acids is 2. The molecule has 5 nitrogen and oxygen atoms in total. The van der Waals surface area contributed by atoms with Crippen molar-refractivity contribution in [3.05, 3.63) is 41.1 Å². The van der Waals surface area contributed by atoms with Gasteiger partial charge in [-0.3, -0.25) is 14.5 Å². The zero-order valence-corrected chi connectivity index (χ0v) is 16.3. The lowest BCUT2D eigenvalue weighted by atomic mass is 9.80. The number of quaternary nitrogens is 1. The summed E-state index contributed by atoms with van der Waals surface area (Å²) >= 11 is 0. The number of imide groups is 1. The summed E-state index contributed by atoms with van der Waals surface area (Å²) in [6.07, 6.45) is 5.83. The maximum Gasteiger partial charge on any atom is 0.238 e. The van der Waals surface area contributed by atoms with Gasteiger partial charge in [0.2, 0.25) is 11.8 Å². The molecule has 1 N–H and O–H groups in total. The molecule has 1 aromatic carbocycles. The Labute approximate surface area is 161 Å². The summed E-state index contributed by atoms with van der Waals surface area (Å²) in [5.74, 6) is -0.119. The van der Waals surface area contributed by atoms with Crippen LogP contribution in [0, 0.1) is 25.7 Å². The molecular formula is C22H29N2O3+. The third-order valence-electron chi connectivity index (χ3n) is 6.12. The van der Waals surface area contributed by atoms with Crippen molar-refractivity contribution in [2.75, 3.05) is 31.2 Å². The highest BCUT2D eigenvalue weighted by Gasteiger charge is 2.47. The first-order valence-electron chi connectivity index (χ1n) is 10.1. The van der Waals surface area contributed by atoms with Crippen LogP contribution in [0.15, 0.2) is 30.0 Å². The van der Waals surface area contributed by atoms with Gasteiger partial charge in [-0.05, 0) is 62.4 Å². The number of rotatable bonds is 3. The lowest BCUT2D eigenvalue weighted by Crippen LogP contribution is -3.13. The normalized spacial score (nSPS) is 27.2. The average Bonchev–Trinajstić information content (AvgIpc) is 2.96. The van der Waals surface area contributed by atoms with Gasteiger partial charge in [-0.15, -0.1) is 0 Å². The molecule has 1 aromatic rings. The topological polar surface area (TPSA) is 51.1 Å². The molecule has 0 saturated carbocycles. The van der Waals surface area contributed by atoms with Gasteiger partial charge in [0.15, 0.2) is 0 Å². The largest absolute Gasteiger partial charge is 0.370 e. The second-order valence-corrected chi connectivity index (χ2v) is 8.14. The molecular weight excluding hydrogens is 340 g/mol. The summed E-state index contributed by atoms with van der Waals surface area (Å²) in [7, 11) is 0. The van der Waals surface area contributed by atoms with Gasteiger partial charge in [0.05, 0.1) is 24.8 Å². The van der Waals surface area contributed by atoms with Crippen molar-refractivity contribution in [2.24, 2.45) is 11.8 Å². The summed E-state index contributed by atoms with van der Waals surface area (Å²) in [5, 5.41) is 0. The number of nitrogens with zero attached hydrogens (tertiary/aromatic N) is 1. The first-order valence-corrected chi connectivity index (χ1v) is 10.1. The summed E-state index contributed by atoms with van der Waals surface area (Å²) in [6.45, 7) is 7.46.